The summed E-state index contributed by atoms with van der Waals surface area (Å²) in [5.41, 5.74) is 10.1. The summed E-state index contributed by atoms with van der Waals surface area (Å²) in [6.07, 6.45) is 17.9. The molecular formula is C23H46N5O+. The molecule has 0 aromatic heterocycles. The van der Waals surface area contributed by atoms with Gasteiger partial charge in [-0.2, -0.15) is 0 Å². The molecule has 29 heavy (non-hydrogen) atoms. The van der Waals surface area contributed by atoms with Gasteiger partial charge in [-0.3, -0.25) is 14.8 Å². The molecular weight excluding hydrogens is 362 g/mol. The lowest BCUT2D eigenvalue weighted by atomic mass is 10.0. The van der Waals surface area contributed by atoms with E-state index in [1.165, 1.54) is 43.4 Å². The normalized spacial score (nSPS) is 26.8. The predicted octanol–water partition coefficient (Wildman–Crippen LogP) is 1.99. The first kappa shape index (κ1) is 24.2. The summed E-state index contributed by atoms with van der Waals surface area (Å²) in [4.78, 5) is 7.93. The van der Waals surface area contributed by atoms with Crippen molar-refractivity contribution in [1.82, 2.24) is 4.90 Å². The smallest absolute Gasteiger partial charge is 0.220 e. The fourth-order valence-corrected chi connectivity index (χ4v) is 4.83. The largest absolute Gasteiger partial charge is 0.370 e. The van der Waals surface area contributed by atoms with Crippen molar-refractivity contribution in [2.24, 2.45) is 22.4 Å². The zero-order chi connectivity index (χ0) is 21.1. The zero-order valence-electron chi connectivity index (χ0n) is 18.9. The molecule has 6 N–H and O–H groups in total. The third kappa shape index (κ3) is 8.27. The van der Waals surface area contributed by atoms with Gasteiger partial charge in [0.25, 0.3) is 0 Å². The minimum atomic E-state index is -0.667. The molecule has 2 aliphatic heterocycles. The highest BCUT2D eigenvalue weighted by Gasteiger charge is 2.48. The van der Waals surface area contributed by atoms with Crippen LogP contribution < -0.4 is 16.4 Å². The number of unbranched alkanes of at least 4 members (excludes halogenated alkanes) is 6. The topological polar surface area (TPSA) is 92.3 Å². The minimum Gasteiger partial charge on any atom is -0.370 e. The molecule has 0 aliphatic carbocycles. The van der Waals surface area contributed by atoms with Crippen LogP contribution in [0.5, 0.6) is 0 Å². The summed E-state index contributed by atoms with van der Waals surface area (Å²) in [7, 11) is 0. The molecule has 168 valence electrons. The number of hydrogen-bond donors (Lipinski definition) is 4. The molecule has 2 heterocycles. The third-order valence-electron chi connectivity index (χ3n) is 6.49. The second-order valence-corrected chi connectivity index (χ2v) is 9.46. The highest BCUT2D eigenvalue weighted by atomic mass is 16.3. The van der Waals surface area contributed by atoms with Crippen LogP contribution in [0.4, 0.5) is 0 Å². The number of nitrogens with one attached hydrogen (secondary N) is 1. The van der Waals surface area contributed by atoms with Crippen LogP contribution in [-0.2, 0) is 0 Å². The van der Waals surface area contributed by atoms with E-state index in [0.717, 1.165) is 57.7 Å². The van der Waals surface area contributed by atoms with E-state index >= 15 is 0 Å². The van der Waals surface area contributed by atoms with Gasteiger partial charge in [0.2, 0.25) is 5.72 Å². The summed E-state index contributed by atoms with van der Waals surface area (Å²) >= 11 is 0. The van der Waals surface area contributed by atoms with Gasteiger partial charge in [0.05, 0.1) is 6.54 Å². The van der Waals surface area contributed by atoms with E-state index in [1.54, 1.807) is 0 Å². The number of quaternary nitrogens is 1. The Morgan fingerprint density at radius 2 is 1.86 bits per heavy atom. The lowest BCUT2D eigenvalue weighted by Gasteiger charge is -2.42. The maximum absolute atomic E-state index is 11.3. The van der Waals surface area contributed by atoms with Crippen LogP contribution in [-0.4, -0.2) is 54.0 Å². The van der Waals surface area contributed by atoms with Gasteiger partial charge in [0.1, 0.15) is 0 Å². The quantitative estimate of drug-likeness (QED) is 0.153. The average Bonchev–Trinajstić information content (AvgIpc) is 3.01. The Morgan fingerprint density at radius 3 is 2.59 bits per heavy atom. The van der Waals surface area contributed by atoms with Gasteiger partial charge in [-0.15, -0.1) is 0 Å². The van der Waals surface area contributed by atoms with Gasteiger partial charge in [-0.05, 0) is 31.3 Å². The molecule has 2 aliphatic rings. The fourth-order valence-electron chi connectivity index (χ4n) is 4.83. The van der Waals surface area contributed by atoms with E-state index < -0.39 is 5.72 Å². The van der Waals surface area contributed by atoms with E-state index in [0.29, 0.717) is 12.7 Å². The lowest BCUT2D eigenvalue weighted by molar-refractivity contribution is -0.995. The summed E-state index contributed by atoms with van der Waals surface area (Å²) in [5, 5.41) is 11.3. The number of nitrogens with zero attached hydrogens (tertiary/aromatic N) is 2. The van der Waals surface area contributed by atoms with E-state index in [-0.39, 0.29) is 5.96 Å². The second kappa shape index (κ2) is 12.6. The average molecular weight is 409 g/mol. The first-order chi connectivity index (χ1) is 13.9. The van der Waals surface area contributed by atoms with E-state index in [2.05, 4.69) is 35.9 Å². The molecule has 1 saturated heterocycles. The van der Waals surface area contributed by atoms with Crippen LogP contribution in [0.15, 0.2) is 17.1 Å². The number of aliphatic imine (C=N–C) groups is 1. The van der Waals surface area contributed by atoms with Crippen molar-refractivity contribution in [1.29, 1.82) is 0 Å². The first-order valence-electron chi connectivity index (χ1n) is 12.0. The SMILES string of the molecule is CC(C)CCCCCCCCC1(O)C=CC2N(CCCCN=C(N)N)CCC[NH+]21. The Morgan fingerprint density at radius 1 is 1.14 bits per heavy atom. The molecule has 3 unspecified atom stereocenters. The summed E-state index contributed by atoms with van der Waals surface area (Å²) < 4.78 is 0. The number of aliphatic hydroxyl groups is 1. The van der Waals surface area contributed by atoms with Crippen LogP contribution in [0.1, 0.15) is 84.5 Å². The highest BCUT2D eigenvalue weighted by Crippen LogP contribution is 2.21. The van der Waals surface area contributed by atoms with Crippen molar-refractivity contribution in [3.05, 3.63) is 12.2 Å². The Balaban J connectivity index is 1.65. The second-order valence-electron chi connectivity index (χ2n) is 9.46. The molecule has 6 nitrogen and oxygen atoms in total. The predicted molar refractivity (Wildman–Crippen MR) is 122 cm³/mol. The third-order valence-corrected chi connectivity index (χ3v) is 6.49. The standard InChI is InChI=1S/C23H45N5O/c1-20(2)12-7-5-3-4-6-8-14-23(29)15-13-21-27(18-11-19-28(21)23)17-10-9-16-26-22(24)25/h13,15,20-21,29H,3-12,14,16-19H2,1-2H3,(H4,24,25,26)/p+1. The monoisotopic (exact) mass is 408 g/mol. The molecule has 3 atom stereocenters. The van der Waals surface area contributed by atoms with E-state index in [1.807, 2.05) is 0 Å². The zero-order valence-corrected chi connectivity index (χ0v) is 18.9. The molecule has 1 fully saturated rings. The molecule has 0 amide bonds. The van der Waals surface area contributed by atoms with Crippen molar-refractivity contribution < 1.29 is 10.0 Å². The van der Waals surface area contributed by atoms with Crippen LogP contribution in [0.3, 0.4) is 0 Å². The van der Waals surface area contributed by atoms with E-state index in [4.69, 9.17) is 11.5 Å². The first-order valence-corrected chi connectivity index (χ1v) is 12.0. The molecule has 0 aromatic carbocycles. The molecule has 6 heteroatoms. The summed E-state index contributed by atoms with van der Waals surface area (Å²) in [6, 6.07) is 0. The maximum atomic E-state index is 11.3. The van der Waals surface area contributed by atoms with Crippen molar-refractivity contribution in [3.63, 3.8) is 0 Å². The van der Waals surface area contributed by atoms with Gasteiger partial charge < -0.3 is 16.6 Å². The molecule has 0 radical (unpaired) electrons. The minimum absolute atomic E-state index is 0.179. The Hall–Kier alpha value is -1.11. The fraction of sp³-hybridized carbons (Fsp3) is 0.870. The molecule has 0 bridgehead atoms. The number of hydrogen-bond acceptors (Lipinski definition) is 3. The Kier molecular flexibility index (Phi) is 10.5. The van der Waals surface area contributed by atoms with Crippen molar-refractivity contribution >= 4 is 5.96 Å². The number of fused-ring (bicyclic) bond motifs is 1. The molecule has 2 rings (SSSR count). The lowest BCUT2D eigenvalue weighted by Crippen LogP contribution is -3.24. The van der Waals surface area contributed by atoms with Gasteiger partial charge >= 0.3 is 0 Å². The van der Waals surface area contributed by atoms with E-state index in [9.17, 15) is 5.11 Å². The van der Waals surface area contributed by atoms with Crippen LogP contribution in [0.25, 0.3) is 0 Å². The van der Waals surface area contributed by atoms with Crippen molar-refractivity contribution in [2.45, 2.75) is 96.4 Å². The number of guanidine groups is 1. The van der Waals surface area contributed by atoms with Gasteiger partial charge in [-0.1, -0.05) is 52.4 Å². The summed E-state index contributed by atoms with van der Waals surface area (Å²) in [6.45, 7) is 8.54. The highest BCUT2D eigenvalue weighted by molar-refractivity contribution is 5.75. The Labute approximate surface area is 178 Å². The molecule has 0 saturated carbocycles. The van der Waals surface area contributed by atoms with Crippen molar-refractivity contribution in [2.75, 3.05) is 26.2 Å². The summed E-state index contributed by atoms with van der Waals surface area (Å²) in [5.74, 6) is 1.01. The van der Waals surface area contributed by atoms with Crippen LogP contribution in [0.2, 0.25) is 0 Å². The van der Waals surface area contributed by atoms with Gasteiger partial charge in [-0.25, -0.2) is 0 Å². The number of nitrogens with two attached hydrogens (primary N) is 2. The molecule has 0 aromatic rings. The van der Waals surface area contributed by atoms with Crippen molar-refractivity contribution in [3.8, 4) is 0 Å². The Bertz CT molecular complexity index is 517. The molecule has 0 spiro atoms. The van der Waals surface area contributed by atoms with Crippen LogP contribution >= 0.6 is 0 Å². The van der Waals surface area contributed by atoms with Gasteiger partial charge in [0.15, 0.2) is 12.1 Å². The maximum Gasteiger partial charge on any atom is 0.220 e. The van der Waals surface area contributed by atoms with Gasteiger partial charge in [0, 0.05) is 38.6 Å². The van der Waals surface area contributed by atoms with Crippen LogP contribution in [0, 0.1) is 5.92 Å². The number of rotatable bonds is 14.